The van der Waals surface area contributed by atoms with Gasteiger partial charge in [-0.05, 0) is 40.3 Å². The van der Waals surface area contributed by atoms with Gasteiger partial charge in [0.1, 0.15) is 5.82 Å². The van der Waals surface area contributed by atoms with Gasteiger partial charge in [0.05, 0.1) is 0 Å². The summed E-state index contributed by atoms with van der Waals surface area (Å²) >= 11 is 2.30. The quantitative estimate of drug-likeness (QED) is 0.883. The molecule has 4 heteroatoms. The van der Waals surface area contributed by atoms with Crippen molar-refractivity contribution >= 4 is 28.4 Å². The molecule has 0 saturated carbocycles. The van der Waals surface area contributed by atoms with Gasteiger partial charge in [0.25, 0.3) is 0 Å². The number of aryl methyl sites for hydroxylation is 1. The van der Waals surface area contributed by atoms with Crippen LogP contribution in [0.3, 0.4) is 0 Å². The van der Waals surface area contributed by atoms with E-state index in [1.165, 1.54) is 9.13 Å². The first kappa shape index (κ1) is 10.5. The van der Waals surface area contributed by atoms with Crippen molar-refractivity contribution in [3.8, 4) is 0 Å². The lowest BCUT2D eigenvalue weighted by Crippen LogP contribution is -2.00. The number of anilines is 1. The van der Waals surface area contributed by atoms with Crippen LogP contribution in [0.4, 0.5) is 5.82 Å². The van der Waals surface area contributed by atoms with Crippen LogP contribution in [0, 0.1) is 3.57 Å². The number of hydrogen-bond acceptors (Lipinski definition) is 2. The molecular weight excluding hydrogens is 301 g/mol. The van der Waals surface area contributed by atoms with Crippen molar-refractivity contribution in [3.05, 3.63) is 45.7 Å². The van der Waals surface area contributed by atoms with Crippen LogP contribution in [0.2, 0.25) is 0 Å². The lowest BCUT2D eigenvalue weighted by molar-refractivity contribution is 0.768. The second-order valence-electron chi connectivity index (χ2n) is 3.35. The Labute approximate surface area is 103 Å². The Morgan fingerprint density at radius 2 is 2.00 bits per heavy atom. The molecule has 0 spiro atoms. The van der Waals surface area contributed by atoms with E-state index in [0.29, 0.717) is 0 Å². The SMILES string of the molecule is Cn1ccc(NCc2ccc(I)cc2)n1. The van der Waals surface area contributed by atoms with Gasteiger partial charge in [0, 0.05) is 29.4 Å². The van der Waals surface area contributed by atoms with E-state index in [9.17, 15) is 0 Å². The molecule has 0 aliphatic rings. The van der Waals surface area contributed by atoms with Crippen LogP contribution in [-0.4, -0.2) is 9.78 Å². The van der Waals surface area contributed by atoms with Crippen molar-refractivity contribution in [1.29, 1.82) is 0 Å². The fraction of sp³-hybridized carbons (Fsp3) is 0.182. The van der Waals surface area contributed by atoms with Crippen molar-refractivity contribution in [2.24, 2.45) is 7.05 Å². The molecule has 2 aromatic rings. The van der Waals surface area contributed by atoms with Crippen molar-refractivity contribution in [1.82, 2.24) is 9.78 Å². The molecule has 1 N–H and O–H groups in total. The molecule has 78 valence electrons. The molecule has 0 unspecified atom stereocenters. The summed E-state index contributed by atoms with van der Waals surface area (Å²) in [6.45, 7) is 0.813. The summed E-state index contributed by atoms with van der Waals surface area (Å²) in [5.74, 6) is 0.913. The van der Waals surface area contributed by atoms with Gasteiger partial charge >= 0.3 is 0 Å². The molecule has 3 nitrogen and oxygen atoms in total. The molecule has 0 aliphatic carbocycles. The molecule has 0 saturated heterocycles. The van der Waals surface area contributed by atoms with E-state index >= 15 is 0 Å². The zero-order valence-corrected chi connectivity index (χ0v) is 10.6. The lowest BCUT2D eigenvalue weighted by Gasteiger charge is -2.02. The van der Waals surface area contributed by atoms with Crippen molar-refractivity contribution in [2.75, 3.05) is 5.32 Å². The molecular formula is C11H12IN3. The molecule has 0 bridgehead atoms. The van der Waals surface area contributed by atoms with Gasteiger partial charge in [0.2, 0.25) is 0 Å². The molecule has 0 amide bonds. The van der Waals surface area contributed by atoms with Gasteiger partial charge in [0.15, 0.2) is 0 Å². The largest absolute Gasteiger partial charge is 0.365 e. The molecule has 0 atom stereocenters. The van der Waals surface area contributed by atoms with Crippen LogP contribution in [0.15, 0.2) is 36.5 Å². The number of hydrogen-bond donors (Lipinski definition) is 1. The fourth-order valence-electron chi connectivity index (χ4n) is 1.30. The van der Waals surface area contributed by atoms with E-state index in [2.05, 4.69) is 57.3 Å². The molecule has 1 aromatic carbocycles. The molecule has 2 rings (SSSR count). The highest BCUT2D eigenvalue weighted by Crippen LogP contribution is 2.09. The third-order valence-electron chi connectivity index (χ3n) is 2.10. The smallest absolute Gasteiger partial charge is 0.148 e. The highest BCUT2D eigenvalue weighted by Gasteiger charge is 1.96. The zero-order chi connectivity index (χ0) is 10.7. The van der Waals surface area contributed by atoms with E-state index < -0.39 is 0 Å². The Morgan fingerprint density at radius 1 is 1.27 bits per heavy atom. The van der Waals surface area contributed by atoms with Crippen LogP contribution in [0.1, 0.15) is 5.56 Å². The third-order valence-corrected chi connectivity index (χ3v) is 2.82. The van der Waals surface area contributed by atoms with Gasteiger partial charge in [-0.1, -0.05) is 12.1 Å². The summed E-state index contributed by atoms with van der Waals surface area (Å²) < 4.78 is 3.05. The minimum absolute atomic E-state index is 0.813. The highest BCUT2D eigenvalue weighted by molar-refractivity contribution is 14.1. The molecule has 0 radical (unpaired) electrons. The first-order chi connectivity index (χ1) is 7.24. The van der Waals surface area contributed by atoms with Crippen LogP contribution < -0.4 is 5.32 Å². The van der Waals surface area contributed by atoms with E-state index in [-0.39, 0.29) is 0 Å². The Balaban J connectivity index is 1.96. The average molecular weight is 313 g/mol. The maximum absolute atomic E-state index is 4.25. The van der Waals surface area contributed by atoms with Gasteiger partial charge in [-0.2, -0.15) is 5.10 Å². The maximum atomic E-state index is 4.25. The molecule has 1 aromatic heterocycles. The summed E-state index contributed by atoms with van der Waals surface area (Å²) in [5.41, 5.74) is 1.26. The molecule has 15 heavy (non-hydrogen) atoms. The molecule has 0 fully saturated rings. The Kier molecular flexibility index (Phi) is 3.25. The Hall–Kier alpha value is -1.04. The monoisotopic (exact) mass is 313 g/mol. The number of nitrogens with one attached hydrogen (secondary N) is 1. The standard InChI is InChI=1S/C11H12IN3/c1-15-7-6-11(14-15)13-8-9-2-4-10(12)5-3-9/h2-7H,8H2,1H3,(H,13,14). The third kappa shape index (κ3) is 2.95. The van der Waals surface area contributed by atoms with E-state index in [4.69, 9.17) is 0 Å². The number of benzene rings is 1. The van der Waals surface area contributed by atoms with E-state index in [1.807, 2.05) is 19.3 Å². The van der Waals surface area contributed by atoms with Crippen LogP contribution in [0.5, 0.6) is 0 Å². The summed E-state index contributed by atoms with van der Waals surface area (Å²) in [6.07, 6.45) is 1.93. The Bertz CT molecular complexity index is 433. The predicted octanol–water partition coefficient (Wildman–Crippen LogP) is 2.64. The second-order valence-corrected chi connectivity index (χ2v) is 4.60. The summed E-state index contributed by atoms with van der Waals surface area (Å²) in [4.78, 5) is 0. The topological polar surface area (TPSA) is 29.9 Å². The lowest BCUT2D eigenvalue weighted by atomic mass is 10.2. The van der Waals surface area contributed by atoms with Crippen molar-refractivity contribution in [3.63, 3.8) is 0 Å². The average Bonchev–Trinajstić information content (AvgIpc) is 2.64. The minimum Gasteiger partial charge on any atom is -0.365 e. The predicted molar refractivity (Wildman–Crippen MR) is 69.7 cm³/mol. The Morgan fingerprint density at radius 3 is 2.60 bits per heavy atom. The summed E-state index contributed by atoms with van der Waals surface area (Å²) in [7, 11) is 1.91. The molecule has 1 heterocycles. The van der Waals surface area contributed by atoms with Crippen molar-refractivity contribution in [2.45, 2.75) is 6.54 Å². The normalized spacial score (nSPS) is 10.3. The minimum atomic E-state index is 0.813. The second kappa shape index (κ2) is 4.65. The highest BCUT2D eigenvalue weighted by atomic mass is 127. The summed E-state index contributed by atoms with van der Waals surface area (Å²) in [6, 6.07) is 10.4. The van der Waals surface area contributed by atoms with Crippen molar-refractivity contribution < 1.29 is 0 Å². The van der Waals surface area contributed by atoms with Gasteiger partial charge < -0.3 is 5.32 Å². The molecule has 0 aliphatic heterocycles. The van der Waals surface area contributed by atoms with Gasteiger partial charge in [-0.15, -0.1) is 0 Å². The summed E-state index contributed by atoms with van der Waals surface area (Å²) in [5, 5.41) is 7.51. The first-order valence-electron chi connectivity index (χ1n) is 4.72. The zero-order valence-electron chi connectivity index (χ0n) is 8.44. The van der Waals surface area contributed by atoms with Crippen LogP contribution >= 0.6 is 22.6 Å². The first-order valence-corrected chi connectivity index (χ1v) is 5.80. The van der Waals surface area contributed by atoms with E-state index in [0.717, 1.165) is 12.4 Å². The number of halogens is 1. The number of rotatable bonds is 3. The van der Waals surface area contributed by atoms with Crippen LogP contribution in [-0.2, 0) is 13.6 Å². The van der Waals surface area contributed by atoms with Gasteiger partial charge in [-0.3, -0.25) is 4.68 Å². The number of aromatic nitrogens is 2. The number of nitrogens with zero attached hydrogens (tertiary/aromatic N) is 2. The maximum Gasteiger partial charge on any atom is 0.148 e. The van der Waals surface area contributed by atoms with Gasteiger partial charge in [-0.25, -0.2) is 0 Å². The van der Waals surface area contributed by atoms with Crippen LogP contribution in [0.25, 0.3) is 0 Å². The fourth-order valence-corrected chi connectivity index (χ4v) is 1.66. The van der Waals surface area contributed by atoms with E-state index in [1.54, 1.807) is 4.68 Å².